The molecular weight excluding hydrogens is 558 g/mol. The highest BCUT2D eigenvalue weighted by atomic mass is 15.0. The molecule has 0 bridgehead atoms. The van der Waals surface area contributed by atoms with E-state index in [1.165, 1.54) is 49.9 Å². The first kappa shape index (κ1) is 26.9. The summed E-state index contributed by atoms with van der Waals surface area (Å²) in [5, 5.41) is 2.31. The van der Waals surface area contributed by atoms with E-state index in [1.54, 1.807) is 0 Å². The summed E-state index contributed by atoms with van der Waals surface area (Å²) >= 11 is 0. The Kier molecular flexibility index (Phi) is 6.04. The van der Waals surface area contributed by atoms with E-state index in [9.17, 15) is 0 Å². The Hall–Kier alpha value is -5.41. The van der Waals surface area contributed by atoms with E-state index in [1.807, 2.05) is 18.2 Å². The van der Waals surface area contributed by atoms with Crippen LogP contribution in [-0.2, 0) is 18.3 Å². The van der Waals surface area contributed by atoms with E-state index in [2.05, 4.69) is 123 Å². The first-order chi connectivity index (χ1) is 22.6. The molecule has 0 aliphatic heterocycles. The number of aromatic nitrogens is 3. The number of nitrogens with zero attached hydrogens (tertiary/aromatic N) is 3. The third-order valence-electron chi connectivity index (χ3n) is 10.3. The van der Waals surface area contributed by atoms with Gasteiger partial charge in [0.25, 0.3) is 0 Å². The Morgan fingerprint density at radius 2 is 1.17 bits per heavy atom. The van der Waals surface area contributed by atoms with Crippen molar-refractivity contribution in [3.63, 3.8) is 0 Å². The van der Waals surface area contributed by atoms with E-state index in [4.69, 9.17) is 15.0 Å². The number of rotatable bonds is 4. The van der Waals surface area contributed by atoms with Crippen molar-refractivity contribution in [3.05, 3.63) is 150 Å². The van der Waals surface area contributed by atoms with Crippen molar-refractivity contribution in [2.45, 2.75) is 38.5 Å². The fourth-order valence-corrected chi connectivity index (χ4v) is 7.94. The molecule has 1 aromatic heterocycles. The predicted octanol–water partition coefficient (Wildman–Crippen LogP) is 10.5. The number of fused-ring (bicyclic) bond motifs is 8. The van der Waals surface area contributed by atoms with Crippen molar-refractivity contribution in [2.75, 3.05) is 0 Å². The first-order valence-corrected chi connectivity index (χ1v) is 16.3. The highest BCUT2D eigenvalue weighted by molar-refractivity contribution is 5.99. The summed E-state index contributed by atoms with van der Waals surface area (Å²) in [7, 11) is 0. The largest absolute Gasteiger partial charge is 0.208 e. The van der Waals surface area contributed by atoms with Gasteiger partial charge >= 0.3 is 0 Å². The van der Waals surface area contributed by atoms with Crippen LogP contribution in [0.2, 0.25) is 0 Å². The normalized spacial score (nSPS) is 16.0. The van der Waals surface area contributed by atoms with Crippen LogP contribution in [0, 0.1) is 0 Å². The third-order valence-corrected chi connectivity index (χ3v) is 10.3. The molecule has 0 amide bonds. The van der Waals surface area contributed by atoms with Crippen molar-refractivity contribution in [3.8, 4) is 56.4 Å². The maximum Gasteiger partial charge on any atom is 0.164 e. The van der Waals surface area contributed by atoms with E-state index >= 15 is 0 Å². The van der Waals surface area contributed by atoms with Crippen LogP contribution in [0.3, 0.4) is 0 Å². The highest BCUT2D eigenvalue weighted by Gasteiger charge is 2.43. The second-order valence-electron chi connectivity index (χ2n) is 12.8. The SMILES string of the molecule is CCC1(C)c2ccccc2-c2c(-c3nc(-c4ccccc4)nc(-c4cccc5ccccc45)n3)cc3c(c21)-c1ccccc1CC3. The van der Waals surface area contributed by atoms with E-state index < -0.39 is 0 Å². The maximum absolute atomic E-state index is 5.34. The molecule has 0 spiro atoms. The van der Waals surface area contributed by atoms with Crippen LogP contribution >= 0.6 is 0 Å². The zero-order chi connectivity index (χ0) is 30.8. The molecule has 7 aromatic rings. The van der Waals surface area contributed by atoms with Gasteiger partial charge in [-0.2, -0.15) is 0 Å². The fraction of sp³-hybridized carbons (Fsp3) is 0.140. The van der Waals surface area contributed by atoms with Gasteiger partial charge in [-0.05, 0) is 80.6 Å². The lowest BCUT2D eigenvalue weighted by molar-refractivity contribution is 0.565. The number of hydrogen-bond donors (Lipinski definition) is 0. The summed E-state index contributed by atoms with van der Waals surface area (Å²) in [4.78, 5) is 15.7. The lowest BCUT2D eigenvalue weighted by atomic mass is 9.71. The second kappa shape index (κ2) is 10.3. The molecule has 46 heavy (non-hydrogen) atoms. The molecule has 2 aliphatic carbocycles. The van der Waals surface area contributed by atoms with Gasteiger partial charge in [0, 0.05) is 22.1 Å². The van der Waals surface area contributed by atoms with Gasteiger partial charge in [-0.1, -0.05) is 135 Å². The molecule has 1 atom stereocenters. The Morgan fingerprint density at radius 1 is 0.543 bits per heavy atom. The summed E-state index contributed by atoms with van der Waals surface area (Å²) in [6, 6.07) is 45.5. The van der Waals surface area contributed by atoms with Gasteiger partial charge in [0.2, 0.25) is 0 Å². The fourth-order valence-electron chi connectivity index (χ4n) is 7.94. The van der Waals surface area contributed by atoms with Crippen LogP contribution < -0.4 is 0 Å². The molecule has 0 fully saturated rings. The quantitative estimate of drug-likeness (QED) is 0.204. The Labute approximate surface area is 269 Å². The Bertz CT molecular complexity index is 2320. The van der Waals surface area contributed by atoms with E-state index in [-0.39, 0.29) is 5.41 Å². The molecule has 2 aliphatic rings. The minimum atomic E-state index is -0.135. The van der Waals surface area contributed by atoms with E-state index in [0.29, 0.717) is 11.6 Å². The average molecular weight is 592 g/mol. The van der Waals surface area contributed by atoms with Gasteiger partial charge in [0.1, 0.15) is 0 Å². The molecule has 9 rings (SSSR count). The summed E-state index contributed by atoms with van der Waals surface area (Å²) < 4.78 is 0. The molecule has 1 heterocycles. The zero-order valence-corrected chi connectivity index (χ0v) is 26.1. The number of hydrogen-bond acceptors (Lipinski definition) is 3. The van der Waals surface area contributed by atoms with Crippen LogP contribution in [0.1, 0.15) is 42.5 Å². The second-order valence-corrected chi connectivity index (χ2v) is 12.8. The predicted molar refractivity (Wildman–Crippen MR) is 189 cm³/mol. The van der Waals surface area contributed by atoms with Crippen molar-refractivity contribution in [2.24, 2.45) is 0 Å². The Morgan fingerprint density at radius 3 is 2.02 bits per heavy atom. The molecule has 3 nitrogen and oxygen atoms in total. The number of aryl methyl sites for hydroxylation is 2. The van der Waals surface area contributed by atoms with Gasteiger partial charge in [-0.25, -0.2) is 15.0 Å². The molecular formula is C43H33N3. The van der Waals surface area contributed by atoms with Gasteiger partial charge < -0.3 is 0 Å². The van der Waals surface area contributed by atoms with Gasteiger partial charge in [0.15, 0.2) is 17.5 Å². The minimum absolute atomic E-state index is 0.135. The topological polar surface area (TPSA) is 38.7 Å². The van der Waals surface area contributed by atoms with E-state index in [0.717, 1.165) is 47.2 Å². The summed E-state index contributed by atoms with van der Waals surface area (Å²) in [5.74, 6) is 2.11. The van der Waals surface area contributed by atoms with Crippen molar-refractivity contribution < 1.29 is 0 Å². The van der Waals surface area contributed by atoms with Crippen molar-refractivity contribution in [1.29, 1.82) is 0 Å². The molecule has 6 aromatic carbocycles. The first-order valence-electron chi connectivity index (χ1n) is 16.3. The molecule has 0 saturated heterocycles. The van der Waals surface area contributed by atoms with Crippen LogP contribution in [-0.4, -0.2) is 15.0 Å². The van der Waals surface area contributed by atoms with Crippen LogP contribution in [0.25, 0.3) is 67.2 Å². The minimum Gasteiger partial charge on any atom is -0.208 e. The summed E-state index contributed by atoms with van der Waals surface area (Å²) in [6.45, 7) is 4.76. The van der Waals surface area contributed by atoms with Gasteiger partial charge in [0.05, 0.1) is 0 Å². The highest BCUT2D eigenvalue weighted by Crippen LogP contribution is 2.58. The molecule has 0 N–H and O–H groups in total. The van der Waals surface area contributed by atoms with Crippen molar-refractivity contribution >= 4 is 10.8 Å². The third kappa shape index (κ3) is 3.94. The van der Waals surface area contributed by atoms with Gasteiger partial charge in [-0.3, -0.25) is 0 Å². The average Bonchev–Trinajstić information content (AvgIpc) is 3.40. The Balaban J connectivity index is 1.39. The standard InChI is InChI=1S/C43H33N3/c1-3-43(2)36-23-12-11-21-34(36)38-35(26-30-25-24-28-15-8-10-20-32(28)37(30)39(38)43)42-45-40(29-16-5-4-6-17-29)44-41(46-42)33-22-13-18-27-14-7-9-19-31(27)33/h4-23,26H,3,24-25H2,1-2H3. The smallest absolute Gasteiger partial charge is 0.164 e. The van der Waals surface area contributed by atoms with Gasteiger partial charge in [-0.15, -0.1) is 0 Å². The van der Waals surface area contributed by atoms with Crippen LogP contribution in [0.5, 0.6) is 0 Å². The summed E-state index contributed by atoms with van der Waals surface area (Å²) in [5.41, 5.74) is 13.9. The summed E-state index contributed by atoms with van der Waals surface area (Å²) in [6.07, 6.45) is 3.03. The molecule has 3 heteroatoms. The lowest BCUT2D eigenvalue weighted by Gasteiger charge is -2.32. The maximum atomic E-state index is 5.34. The molecule has 220 valence electrons. The molecule has 0 saturated carbocycles. The molecule has 0 radical (unpaired) electrons. The van der Waals surface area contributed by atoms with Crippen LogP contribution in [0.15, 0.2) is 127 Å². The molecule has 1 unspecified atom stereocenters. The zero-order valence-electron chi connectivity index (χ0n) is 26.1. The lowest BCUT2D eigenvalue weighted by Crippen LogP contribution is -2.22. The van der Waals surface area contributed by atoms with Crippen molar-refractivity contribution in [1.82, 2.24) is 15.0 Å². The monoisotopic (exact) mass is 591 g/mol. The number of benzene rings is 6. The van der Waals surface area contributed by atoms with Crippen LogP contribution in [0.4, 0.5) is 0 Å².